The molecule has 2 aliphatic rings. The molecule has 1 aliphatic heterocycles. The van der Waals surface area contributed by atoms with Crippen LogP contribution in [0.1, 0.15) is 53.6 Å². The average molecular weight is 500 g/mol. The fraction of sp³-hybridized carbons (Fsp3) is 0.619. The molecule has 2 fully saturated rings. The van der Waals surface area contributed by atoms with Crippen molar-refractivity contribution in [1.82, 2.24) is 14.9 Å². The van der Waals surface area contributed by atoms with Gasteiger partial charge in [-0.3, -0.25) is 19.3 Å². The van der Waals surface area contributed by atoms with Gasteiger partial charge in [0.05, 0.1) is 11.1 Å². The largest absolute Gasteiger partial charge is 0.456 e. The summed E-state index contributed by atoms with van der Waals surface area (Å²) in [5, 5.41) is 2.76. The van der Waals surface area contributed by atoms with E-state index >= 15 is 0 Å². The van der Waals surface area contributed by atoms with E-state index in [9.17, 15) is 27.6 Å². The molecule has 0 bridgehead atoms. The molecule has 2 N–H and O–H groups in total. The topological polar surface area (TPSA) is 139 Å². The van der Waals surface area contributed by atoms with Crippen molar-refractivity contribution in [2.24, 2.45) is 5.92 Å². The molecule has 12 heteroatoms. The lowest BCUT2D eigenvalue weighted by Crippen LogP contribution is -2.49. The van der Waals surface area contributed by atoms with Crippen LogP contribution in [0.3, 0.4) is 0 Å². The van der Waals surface area contributed by atoms with Crippen molar-refractivity contribution >= 4 is 45.1 Å². The van der Waals surface area contributed by atoms with Gasteiger partial charge in [-0.05, 0) is 50.2 Å². The zero-order valence-electron chi connectivity index (χ0n) is 18.7. The molecule has 1 aromatic heterocycles. The summed E-state index contributed by atoms with van der Waals surface area (Å²) in [4.78, 5) is 51.8. The predicted molar refractivity (Wildman–Crippen MR) is 121 cm³/mol. The van der Waals surface area contributed by atoms with Gasteiger partial charge in [0.2, 0.25) is 15.8 Å². The first-order valence-electron chi connectivity index (χ1n) is 10.9. The third kappa shape index (κ3) is 6.39. The quantitative estimate of drug-likeness (QED) is 0.282. The minimum absolute atomic E-state index is 0.217. The lowest BCUT2D eigenvalue weighted by molar-refractivity contribution is -0.147. The maximum absolute atomic E-state index is 12.9. The number of sulfonamides is 1. The first kappa shape index (κ1) is 25.3. The van der Waals surface area contributed by atoms with Crippen LogP contribution in [-0.2, 0) is 30.8 Å². The number of ether oxygens (including phenoxy) is 1. The van der Waals surface area contributed by atoms with Crippen molar-refractivity contribution in [3.05, 3.63) is 21.9 Å². The second-order valence-corrected chi connectivity index (χ2v) is 11.5. The number of hydrogen-bond acceptors (Lipinski definition) is 8. The fourth-order valence-corrected chi connectivity index (χ4v) is 5.56. The first-order chi connectivity index (χ1) is 15.5. The van der Waals surface area contributed by atoms with Gasteiger partial charge in [-0.15, -0.1) is 11.3 Å². The van der Waals surface area contributed by atoms with Crippen molar-refractivity contribution in [2.75, 3.05) is 26.0 Å². The van der Waals surface area contributed by atoms with E-state index in [0.717, 1.165) is 35.3 Å². The van der Waals surface area contributed by atoms with Crippen molar-refractivity contribution in [3.63, 3.8) is 0 Å². The van der Waals surface area contributed by atoms with E-state index in [-0.39, 0.29) is 6.54 Å². The zero-order chi connectivity index (χ0) is 24.2. The molecule has 0 atom stereocenters. The molecular weight excluding hydrogens is 470 g/mol. The van der Waals surface area contributed by atoms with Crippen LogP contribution in [0.2, 0.25) is 0 Å². The Balaban J connectivity index is 1.47. The Morgan fingerprint density at radius 1 is 1.27 bits per heavy atom. The molecule has 2 heterocycles. The van der Waals surface area contributed by atoms with Crippen molar-refractivity contribution in [1.29, 1.82) is 0 Å². The highest BCUT2D eigenvalue weighted by molar-refractivity contribution is 7.88. The smallest absolute Gasteiger partial charge is 0.326 e. The van der Waals surface area contributed by atoms with Crippen molar-refractivity contribution in [3.8, 4) is 0 Å². The molecule has 3 amide bonds. The monoisotopic (exact) mass is 499 g/mol. The van der Waals surface area contributed by atoms with Gasteiger partial charge in [0.15, 0.2) is 6.61 Å². The number of nitrogens with zero attached hydrogens (tertiary/aromatic N) is 1. The highest BCUT2D eigenvalue weighted by Crippen LogP contribution is 2.37. The fourth-order valence-electron chi connectivity index (χ4n) is 4.15. The van der Waals surface area contributed by atoms with E-state index < -0.39 is 52.4 Å². The van der Waals surface area contributed by atoms with Gasteiger partial charge >= 0.3 is 12.0 Å². The number of Topliss-reactive ketones (excluding diaryl/α,β-unsaturated/α-hetero) is 1. The molecule has 0 unspecified atom stereocenters. The molecule has 1 saturated heterocycles. The second-order valence-electron chi connectivity index (χ2n) is 8.52. The summed E-state index contributed by atoms with van der Waals surface area (Å²) in [7, 11) is -3.28. The highest BCUT2D eigenvalue weighted by atomic mass is 32.2. The van der Waals surface area contributed by atoms with Gasteiger partial charge < -0.3 is 10.1 Å². The van der Waals surface area contributed by atoms with Gasteiger partial charge in [-0.1, -0.05) is 13.3 Å². The number of nitrogens with one attached hydrogen (secondary N) is 2. The average Bonchev–Trinajstić information content (AvgIpc) is 3.31. The van der Waals surface area contributed by atoms with E-state index in [1.165, 1.54) is 11.3 Å². The molecule has 1 saturated carbocycles. The van der Waals surface area contributed by atoms with Crippen LogP contribution in [0.4, 0.5) is 4.79 Å². The Hall–Kier alpha value is -2.31. The van der Waals surface area contributed by atoms with Gasteiger partial charge in [-0.25, -0.2) is 17.9 Å². The third-order valence-corrected chi connectivity index (χ3v) is 8.02. The zero-order valence-corrected chi connectivity index (χ0v) is 20.4. The number of esters is 1. The molecule has 33 heavy (non-hydrogen) atoms. The highest BCUT2D eigenvalue weighted by Gasteiger charge is 2.52. The van der Waals surface area contributed by atoms with E-state index in [2.05, 4.69) is 17.0 Å². The van der Waals surface area contributed by atoms with Crippen molar-refractivity contribution < 1.29 is 32.3 Å². The third-order valence-electron chi connectivity index (χ3n) is 6.11. The summed E-state index contributed by atoms with van der Waals surface area (Å²) < 4.78 is 29.6. The Morgan fingerprint density at radius 2 is 1.97 bits per heavy atom. The number of urea groups is 1. The number of ketones is 1. The summed E-state index contributed by atoms with van der Waals surface area (Å²) in [6.45, 7) is 1.28. The molecule has 0 aromatic carbocycles. The molecule has 182 valence electrons. The minimum Gasteiger partial charge on any atom is -0.456 e. The summed E-state index contributed by atoms with van der Waals surface area (Å²) in [6, 6.07) is 2.69. The Morgan fingerprint density at radius 3 is 2.61 bits per heavy atom. The number of amides is 3. The normalized spacial score (nSPS) is 23.1. The Labute approximate surface area is 197 Å². The first-order valence-corrected chi connectivity index (χ1v) is 13.6. The maximum Gasteiger partial charge on any atom is 0.326 e. The van der Waals surface area contributed by atoms with Gasteiger partial charge in [-0.2, -0.15) is 0 Å². The number of rotatable bonds is 10. The van der Waals surface area contributed by atoms with E-state index in [4.69, 9.17) is 4.74 Å². The molecular formula is C21H29N3O7S2. The summed E-state index contributed by atoms with van der Waals surface area (Å²) in [5.41, 5.74) is -0.932. The number of hydrogen-bond donors (Lipinski definition) is 2. The van der Waals surface area contributed by atoms with E-state index in [1.807, 2.05) is 0 Å². The molecule has 10 nitrogen and oxygen atoms in total. The summed E-state index contributed by atoms with van der Waals surface area (Å²) in [6.07, 6.45) is 5.34. The lowest BCUT2D eigenvalue weighted by atomic mass is 9.75. The van der Waals surface area contributed by atoms with E-state index in [1.54, 1.807) is 12.1 Å². The maximum atomic E-state index is 12.9. The number of imide groups is 1. The molecule has 0 radical (unpaired) electrons. The van der Waals surface area contributed by atoms with E-state index in [0.29, 0.717) is 30.1 Å². The molecule has 1 spiro atoms. The van der Waals surface area contributed by atoms with Crippen LogP contribution in [0.25, 0.3) is 0 Å². The van der Waals surface area contributed by atoms with Crippen LogP contribution in [0.15, 0.2) is 12.1 Å². The lowest BCUT2D eigenvalue weighted by Gasteiger charge is -2.34. The van der Waals surface area contributed by atoms with Crippen LogP contribution in [-0.4, -0.2) is 68.5 Å². The summed E-state index contributed by atoms with van der Waals surface area (Å²) in [5.74, 6) is -1.11. The number of carbonyl (C=O) groups excluding carboxylic acids is 4. The van der Waals surface area contributed by atoms with Gasteiger partial charge in [0.1, 0.15) is 12.1 Å². The Kier molecular flexibility index (Phi) is 7.91. The standard InChI is InChI=1S/C21H29N3O7S2/c1-3-14-6-9-21(10-7-14)19(27)24(20(28)23-21)12-18(26)31-13-16(25)17-5-4-15(32-17)8-11-22-33(2,29)30/h4-5,14,22H,3,6-13H2,1-2H3,(H,23,28). The van der Waals surface area contributed by atoms with Crippen LogP contribution in [0, 0.1) is 5.92 Å². The predicted octanol–water partition coefficient (Wildman–Crippen LogP) is 1.46. The summed E-state index contributed by atoms with van der Waals surface area (Å²) >= 11 is 1.19. The molecule has 3 rings (SSSR count). The molecule has 1 aliphatic carbocycles. The number of thiophene rings is 1. The SMILES string of the molecule is CCC1CCC2(CC1)NC(=O)N(CC(=O)OCC(=O)c1ccc(CCNS(C)(=O)=O)s1)C2=O. The van der Waals surface area contributed by atoms with Crippen LogP contribution >= 0.6 is 11.3 Å². The van der Waals surface area contributed by atoms with Gasteiger partial charge in [0, 0.05) is 11.4 Å². The van der Waals surface area contributed by atoms with Crippen molar-refractivity contribution in [2.45, 2.75) is 51.0 Å². The molecule has 1 aromatic rings. The Bertz CT molecular complexity index is 1030. The van der Waals surface area contributed by atoms with Crippen LogP contribution < -0.4 is 10.0 Å². The minimum atomic E-state index is -3.28. The van der Waals surface area contributed by atoms with Gasteiger partial charge in [0.25, 0.3) is 5.91 Å². The second kappa shape index (κ2) is 10.3. The van der Waals surface area contributed by atoms with Crippen LogP contribution in [0.5, 0.6) is 0 Å². The number of carbonyl (C=O) groups is 4.